The Labute approximate surface area is 93.8 Å². The second-order valence-corrected chi connectivity index (χ2v) is 4.01. The van der Waals surface area contributed by atoms with Gasteiger partial charge < -0.3 is 4.74 Å². The molecule has 0 spiro atoms. The minimum absolute atomic E-state index is 0.378. The maximum absolute atomic E-state index is 5.71. The molecule has 0 aliphatic carbocycles. The summed E-state index contributed by atoms with van der Waals surface area (Å²) in [6.45, 7) is 2.89. The summed E-state index contributed by atoms with van der Waals surface area (Å²) in [4.78, 5) is 0. The van der Waals surface area contributed by atoms with Crippen molar-refractivity contribution >= 4 is 23.3 Å². The van der Waals surface area contributed by atoms with E-state index >= 15 is 0 Å². The molecule has 0 N–H and O–H groups in total. The Kier molecular flexibility index (Phi) is 5.87. The van der Waals surface area contributed by atoms with Crippen LogP contribution in [0.1, 0.15) is 39.0 Å². The number of rotatable bonds is 7. The lowest BCUT2D eigenvalue weighted by atomic mass is 10.2. The van der Waals surface area contributed by atoms with Crippen LogP contribution in [0, 0.1) is 0 Å². The van der Waals surface area contributed by atoms with Crippen LogP contribution < -0.4 is 4.74 Å². The third kappa shape index (κ3) is 4.24. The summed E-state index contributed by atoms with van der Waals surface area (Å²) in [5.41, 5.74) is 0. The molecule has 0 saturated heterocycles. The molecule has 0 radical (unpaired) electrons. The first-order valence-corrected chi connectivity index (χ1v) is 6.06. The average molecular weight is 235 g/mol. The summed E-state index contributed by atoms with van der Waals surface area (Å²) >= 11 is 6.80. The standard InChI is InChI=1S/C9H15ClN2OS/c1-2-3-4-5-6-7-13-9-8(10)11-14-12-9/h2-7H2,1H3. The summed E-state index contributed by atoms with van der Waals surface area (Å²) in [5, 5.41) is 0.378. The first kappa shape index (κ1) is 11.7. The molecule has 0 saturated carbocycles. The van der Waals surface area contributed by atoms with Crippen molar-refractivity contribution in [3.8, 4) is 5.88 Å². The molecular formula is C9H15ClN2OS. The monoisotopic (exact) mass is 234 g/mol. The molecule has 5 heteroatoms. The van der Waals surface area contributed by atoms with Gasteiger partial charge in [0.15, 0.2) is 0 Å². The molecule has 0 bridgehead atoms. The van der Waals surface area contributed by atoms with Gasteiger partial charge in [-0.15, -0.1) is 4.37 Å². The van der Waals surface area contributed by atoms with Crippen LogP contribution in [0.15, 0.2) is 0 Å². The summed E-state index contributed by atoms with van der Waals surface area (Å²) in [7, 11) is 0. The molecule has 1 rings (SSSR count). The topological polar surface area (TPSA) is 35.0 Å². The fraction of sp³-hybridized carbons (Fsp3) is 0.778. The third-order valence-corrected chi connectivity index (χ3v) is 2.77. The van der Waals surface area contributed by atoms with Gasteiger partial charge in [0.05, 0.1) is 18.3 Å². The maximum atomic E-state index is 5.71. The maximum Gasteiger partial charge on any atom is 0.265 e. The van der Waals surface area contributed by atoms with E-state index < -0.39 is 0 Å². The summed E-state index contributed by atoms with van der Waals surface area (Å²) in [6, 6.07) is 0. The molecular weight excluding hydrogens is 220 g/mol. The fourth-order valence-electron chi connectivity index (χ4n) is 1.13. The van der Waals surface area contributed by atoms with E-state index in [1.165, 1.54) is 25.7 Å². The van der Waals surface area contributed by atoms with Crippen LogP contribution >= 0.6 is 23.3 Å². The number of hydrogen-bond acceptors (Lipinski definition) is 4. The van der Waals surface area contributed by atoms with E-state index in [1.807, 2.05) is 0 Å². The van der Waals surface area contributed by atoms with Gasteiger partial charge in [0.25, 0.3) is 5.88 Å². The Balaban J connectivity index is 2.02. The van der Waals surface area contributed by atoms with Crippen molar-refractivity contribution in [2.75, 3.05) is 6.61 Å². The molecule has 0 atom stereocenters. The summed E-state index contributed by atoms with van der Waals surface area (Å²) in [5.74, 6) is 0.479. The van der Waals surface area contributed by atoms with Crippen molar-refractivity contribution in [1.82, 2.24) is 8.75 Å². The first-order valence-electron chi connectivity index (χ1n) is 4.95. The molecule has 1 heterocycles. The lowest BCUT2D eigenvalue weighted by molar-refractivity contribution is 0.296. The Hall–Kier alpha value is -0.350. The smallest absolute Gasteiger partial charge is 0.265 e. The Morgan fingerprint density at radius 2 is 2.00 bits per heavy atom. The van der Waals surface area contributed by atoms with Crippen LogP contribution in [0.4, 0.5) is 0 Å². The van der Waals surface area contributed by atoms with Gasteiger partial charge in [-0.2, -0.15) is 4.37 Å². The van der Waals surface area contributed by atoms with Gasteiger partial charge in [-0.25, -0.2) is 0 Å². The van der Waals surface area contributed by atoms with Crippen molar-refractivity contribution in [1.29, 1.82) is 0 Å². The number of unbranched alkanes of at least 4 members (excludes halogenated alkanes) is 4. The Morgan fingerprint density at radius 3 is 2.64 bits per heavy atom. The number of ether oxygens (including phenoxy) is 1. The van der Waals surface area contributed by atoms with E-state index in [0.717, 1.165) is 18.1 Å². The molecule has 0 aliphatic rings. The minimum Gasteiger partial charge on any atom is -0.475 e. The van der Waals surface area contributed by atoms with Gasteiger partial charge in [0, 0.05) is 0 Å². The highest BCUT2D eigenvalue weighted by molar-refractivity contribution is 6.99. The molecule has 0 aromatic carbocycles. The van der Waals surface area contributed by atoms with Gasteiger partial charge in [-0.3, -0.25) is 0 Å². The van der Waals surface area contributed by atoms with Crippen LogP contribution in [0.3, 0.4) is 0 Å². The van der Waals surface area contributed by atoms with Crippen molar-refractivity contribution in [3.05, 3.63) is 5.15 Å². The molecule has 1 aromatic heterocycles. The van der Waals surface area contributed by atoms with E-state index in [-0.39, 0.29) is 0 Å². The average Bonchev–Trinajstić information content (AvgIpc) is 2.58. The van der Waals surface area contributed by atoms with E-state index in [1.54, 1.807) is 0 Å². The highest BCUT2D eigenvalue weighted by Crippen LogP contribution is 2.20. The zero-order valence-corrected chi connectivity index (χ0v) is 9.90. The van der Waals surface area contributed by atoms with Gasteiger partial charge in [-0.05, 0) is 6.42 Å². The number of halogens is 1. The van der Waals surface area contributed by atoms with Crippen LogP contribution in [0.2, 0.25) is 5.15 Å². The zero-order valence-electron chi connectivity index (χ0n) is 8.33. The molecule has 80 valence electrons. The third-order valence-electron chi connectivity index (χ3n) is 1.91. The van der Waals surface area contributed by atoms with E-state index in [2.05, 4.69) is 15.7 Å². The summed E-state index contributed by atoms with van der Waals surface area (Å²) < 4.78 is 13.1. The number of aromatic nitrogens is 2. The molecule has 1 aromatic rings. The van der Waals surface area contributed by atoms with Gasteiger partial charge in [0.1, 0.15) is 0 Å². The quantitative estimate of drug-likeness (QED) is 0.677. The minimum atomic E-state index is 0.378. The van der Waals surface area contributed by atoms with Crippen LogP contribution in [-0.4, -0.2) is 15.4 Å². The largest absolute Gasteiger partial charge is 0.475 e. The fourth-order valence-corrected chi connectivity index (χ4v) is 1.77. The van der Waals surface area contributed by atoms with Crippen LogP contribution in [-0.2, 0) is 0 Å². The highest BCUT2D eigenvalue weighted by Gasteiger charge is 2.04. The predicted octanol–water partition coefficient (Wildman–Crippen LogP) is 3.54. The van der Waals surface area contributed by atoms with Crippen molar-refractivity contribution in [2.45, 2.75) is 39.0 Å². The SMILES string of the molecule is CCCCCCCOc1nsnc1Cl. The van der Waals surface area contributed by atoms with E-state index in [0.29, 0.717) is 17.6 Å². The van der Waals surface area contributed by atoms with Crippen LogP contribution in [0.25, 0.3) is 0 Å². The Bertz CT molecular complexity index is 255. The second kappa shape index (κ2) is 7.01. The normalized spacial score (nSPS) is 10.4. The number of nitrogens with zero attached hydrogens (tertiary/aromatic N) is 2. The molecule has 3 nitrogen and oxygen atoms in total. The van der Waals surface area contributed by atoms with Crippen molar-refractivity contribution < 1.29 is 4.74 Å². The molecule has 0 amide bonds. The highest BCUT2D eigenvalue weighted by atomic mass is 35.5. The second-order valence-electron chi connectivity index (χ2n) is 3.12. The zero-order chi connectivity index (χ0) is 10.2. The lowest BCUT2D eigenvalue weighted by Crippen LogP contribution is -1.97. The predicted molar refractivity (Wildman–Crippen MR) is 59.2 cm³/mol. The van der Waals surface area contributed by atoms with Crippen LogP contribution in [0.5, 0.6) is 5.88 Å². The van der Waals surface area contributed by atoms with Crippen molar-refractivity contribution in [3.63, 3.8) is 0 Å². The lowest BCUT2D eigenvalue weighted by Gasteiger charge is -2.01. The number of hydrogen-bond donors (Lipinski definition) is 0. The van der Waals surface area contributed by atoms with Gasteiger partial charge >= 0.3 is 0 Å². The van der Waals surface area contributed by atoms with Gasteiger partial charge in [-0.1, -0.05) is 44.2 Å². The van der Waals surface area contributed by atoms with Gasteiger partial charge in [0.2, 0.25) is 5.15 Å². The molecule has 0 fully saturated rings. The molecule has 14 heavy (non-hydrogen) atoms. The Morgan fingerprint density at radius 1 is 1.21 bits per heavy atom. The first-order chi connectivity index (χ1) is 6.84. The summed E-state index contributed by atoms with van der Waals surface area (Å²) in [6.07, 6.45) is 6.13. The van der Waals surface area contributed by atoms with Crippen molar-refractivity contribution in [2.24, 2.45) is 0 Å². The van der Waals surface area contributed by atoms with E-state index in [4.69, 9.17) is 16.3 Å². The molecule has 0 aliphatic heterocycles. The van der Waals surface area contributed by atoms with E-state index in [9.17, 15) is 0 Å². The molecule has 0 unspecified atom stereocenters.